The summed E-state index contributed by atoms with van der Waals surface area (Å²) < 4.78 is 10.6. The summed E-state index contributed by atoms with van der Waals surface area (Å²) in [6.07, 6.45) is 0.626. The number of methoxy groups -OCH3 is 2. The minimum atomic E-state index is -0.132. The van der Waals surface area contributed by atoms with E-state index in [1.165, 1.54) is 11.3 Å². The van der Waals surface area contributed by atoms with E-state index >= 15 is 0 Å². The first-order valence-corrected chi connectivity index (χ1v) is 10.3. The summed E-state index contributed by atoms with van der Waals surface area (Å²) in [5.41, 5.74) is 3.50. The number of imidazole rings is 1. The van der Waals surface area contributed by atoms with Crippen LogP contribution in [-0.2, 0) is 6.42 Å². The van der Waals surface area contributed by atoms with Crippen LogP contribution < -0.4 is 14.8 Å². The van der Waals surface area contributed by atoms with Crippen LogP contribution in [0.5, 0.6) is 11.5 Å². The molecule has 2 N–H and O–H groups in total. The van der Waals surface area contributed by atoms with Crippen molar-refractivity contribution in [1.29, 1.82) is 0 Å². The maximum absolute atomic E-state index is 12.7. The number of nitrogens with zero attached hydrogens (tertiary/aromatic N) is 2. The van der Waals surface area contributed by atoms with Gasteiger partial charge in [-0.2, -0.15) is 0 Å². The minimum Gasteiger partial charge on any atom is -0.493 e. The third-order valence-corrected chi connectivity index (χ3v) is 5.92. The zero-order valence-corrected chi connectivity index (χ0v) is 17.8. The number of hydrogen-bond acceptors (Lipinski definition) is 6. The zero-order chi connectivity index (χ0) is 21.1. The van der Waals surface area contributed by atoms with Gasteiger partial charge in [-0.3, -0.25) is 4.79 Å². The first-order valence-electron chi connectivity index (χ1n) is 9.50. The molecule has 0 saturated heterocycles. The summed E-state index contributed by atoms with van der Waals surface area (Å²) in [5.74, 6) is 1.99. The van der Waals surface area contributed by atoms with E-state index in [9.17, 15) is 4.79 Å². The number of fused-ring (bicyclic) bond motifs is 1. The molecule has 0 saturated carbocycles. The molecule has 0 aliphatic heterocycles. The molecular formula is C22H22N4O3S. The van der Waals surface area contributed by atoms with E-state index in [1.807, 2.05) is 49.4 Å². The molecule has 0 atom stereocenters. The number of amides is 1. The van der Waals surface area contributed by atoms with Crippen LogP contribution in [0.4, 0.5) is 0 Å². The van der Waals surface area contributed by atoms with E-state index in [0.717, 1.165) is 27.4 Å². The molecular weight excluding hydrogens is 400 g/mol. The third kappa shape index (κ3) is 3.99. The summed E-state index contributed by atoms with van der Waals surface area (Å²) in [7, 11) is 3.19. The molecule has 2 heterocycles. The summed E-state index contributed by atoms with van der Waals surface area (Å²) in [5, 5.41) is 3.73. The predicted octanol–water partition coefficient (Wildman–Crippen LogP) is 3.98. The van der Waals surface area contributed by atoms with Gasteiger partial charge >= 0.3 is 0 Å². The normalized spacial score (nSPS) is 10.9. The molecule has 2 aromatic heterocycles. The topological polar surface area (TPSA) is 89.1 Å². The van der Waals surface area contributed by atoms with Crippen LogP contribution in [0.2, 0.25) is 0 Å². The lowest BCUT2D eigenvalue weighted by atomic mass is 10.2. The van der Waals surface area contributed by atoms with Gasteiger partial charge in [0.1, 0.15) is 15.7 Å². The van der Waals surface area contributed by atoms with Crippen LogP contribution in [0.25, 0.3) is 21.6 Å². The quantitative estimate of drug-likeness (QED) is 0.470. The van der Waals surface area contributed by atoms with Crippen molar-refractivity contribution in [3.05, 3.63) is 58.9 Å². The van der Waals surface area contributed by atoms with Crippen LogP contribution in [-0.4, -0.2) is 41.6 Å². The average molecular weight is 423 g/mol. The number of thiazole rings is 1. The number of benzene rings is 2. The summed E-state index contributed by atoms with van der Waals surface area (Å²) in [6.45, 7) is 2.33. The molecule has 0 aliphatic carbocycles. The van der Waals surface area contributed by atoms with Gasteiger partial charge < -0.3 is 19.8 Å². The lowest BCUT2D eigenvalue weighted by molar-refractivity contribution is 0.0957. The van der Waals surface area contributed by atoms with Gasteiger partial charge in [0.2, 0.25) is 0 Å². The number of hydrogen-bond donors (Lipinski definition) is 2. The molecule has 0 aliphatic rings. The number of rotatable bonds is 7. The highest BCUT2D eigenvalue weighted by Crippen LogP contribution is 2.34. The Morgan fingerprint density at radius 3 is 2.67 bits per heavy atom. The Morgan fingerprint density at radius 2 is 1.90 bits per heavy atom. The largest absolute Gasteiger partial charge is 0.493 e. The lowest BCUT2D eigenvalue weighted by Gasteiger charge is -2.08. The fourth-order valence-electron chi connectivity index (χ4n) is 3.20. The highest BCUT2D eigenvalue weighted by molar-refractivity contribution is 7.17. The van der Waals surface area contributed by atoms with Gasteiger partial charge in [0, 0.05) is 18.5 Å². The fraction of sp³-hybridized carbons (Fsp3) is 0.227. The van der Waals surface area contributed by atoms with Crippen molar-refractivity contribution >= 4 is 28.3 Å². The number of aromatic amines is 1. The standard InChI is InChI=1S/C22H22N4O3S/c1-13-20(30-22(24-13)14-8-9-17(28-2)18(12-14)29-3)21(27)23-11-10-19-25-15-6-4-5-7-16(15)26-19/h4-9,12H,10-11H2,1-3H3,(H,23,27)(H,25,26). The smallest absolute Gasteiger partial charge is 0.263 e. The van der Waals surface area contributed by atoms with Crippen LogP contribution in [0.1, 0.15) is 21.2 Å². The zero-order valence-electron chi connectivity index (χ0n) is 17.0. The van der Waals surface area contributed by atoms with Crippen molar-refractivity contribution in [2.45, 2.75) is 13.3 Å². The van der Waals surface area contributed by atoms with Crippen molar-refractivity contribution in [3.8, 4) is 22.1 Å². The maximum Gasteiger partial charge on any atom is 0.263 e. The molecule has 1 amide bonds. The molecule has 0 bridgehead atoms. The summed E-state index contributed by atoms with van der Waals surface area (Å²) in [6, 6.07) is 13.5. The molecule has 4 rings (SSSR count). The molecule has 154 valence electrons. The Balaban J connectivity index is 1.44. The SMILES string of the molecule is COc1ccc(-c2nc(C)c(C(=O)NCCc3nc4ccccc4[nH]3)s2)cc1OC. The van der Waals surface area contributed by atoms with E-state index in [4.69, 9.17) is 9.47 Å². The van der Waals surface area contributed by atoms with Crippen LogP contribution in [0.3, 0.4) is 0 Å². The van der Waals surface area contributed by atoms with Gasteiger partial charge in [-0.15, -0.1) is 11.3 Å². The van der Waals surface area contributed by atoms with Crippen LogP contribution in [0.15, 0.2) is 42.5 Å². The Kier molecular flexibility index (Phi) is 5.67. The lowest BCUT2D eigenvalue weighted by Crippen LogP contribution is -2.25. The average Bonchev–Trinajstić information content (AvgIpc) is 3.36. The van der Waals surface area contributed by atoms with Crippen molar-refractivity contribution in [1.82, 2.24) is 20.3 Å². The van der Waals surface area contributed by atoms with Gasteiger partial charge in [-0.05, 0) is 37.3 Å². The van der Waals surface area contributed by atoms with Crippen molar-refractivity contribution < 1.29 is 14.3 Å². The van der Waals surface area contributed by atoms with Gasteiger partial charge in [-0.25, -0.2) is 9.97 Å². The van der Waals surface area contributed by atoms with E-state index in [1.54, 1.807) is 14.2 Å². The second kappa shape index (κ2) is 8.54. The van der Waals surface area contributed by atoms with E-state index in [2.05, 4.69) is 20.3 Å². The number of aromatic nitrogens is 3. The van der Waals surface area contributed by atoms with Crippen molar-refractivity contribution in [2.75, 3.05) is 20.8 Å². The van der Waals surface area contributed by atoms with E-state index < -0.39 is 0 Å². The molecule has 0 unspecified atom stereocenters. The summed E-state index contributed by atoms with van der Waals surface area (Å²) >= 11 is 1.36. The number of carbonyl (C=O) groups excluding carboxylic acids is 1. The molecule has 0 spiro atoms. The predicted molar refractivity (Wildman–Crippen MR) is 118 cm³/mol. The molecule has 4 aromatic rings. The summed E-state index contributed by atoms with van der Waals surface area (Å²) in [4.78, 5) is 25.7. The monoisotopic (exact) mass is 422 g/mol. The van der Waals surface area contributed by atoms with Gasteiger partial charge in [0.25, 0.3) is 5.91 Å². The Hall–Kier alpha value is -3.39. The second-order valence-corrected chi connectivity index (χ2v) is 7.71. The molecule has 7 nitrogen and oxygen atoms in total. The first kappa shape index (κ1) is 19.9. The van der Waals surface area contributed by atoms with Gasteiger partial charge in [0.05, 0.1) is 30.9 Å². The number of ether oxygens (including phenoxy) is 2. The van der Waals surface area contributed by atoms with Gasteiger partial charge in [-0.1, -0.05) is 12.1 Å². The second-order valence-electron chi connectivity index (χ2n) is 6.71. The van der Waals surface area contributed by atoms with Crippen LogP contribution >= 0.6 is 11.3 Å². The van der Waals surface area contributed by atoms with Crippen LogP contribution in [0, 0.1) is 6.92 Å². The van der Waals surface area contributed by atoms with Crippen molar-refractivity contribution in [2.24, 2.45) is 0 Å². The molecule has 8 heteroatoms. The van der Waals surface area contributed by atoms with E-state index in [-0.39, 0.29) is 5.91 Å². The maximum atomic E-state index is 12.7. The number of para-hydroxylation sites is 2. The molecule has 0 radical (unpaired) electrons. The van der Waals surface area contributed by atoms with Gasteiger partial charge in [0.15, 0.2) is 11.5 Å². The molecule has 0 fully saturated rings. The fourth-order valence-corrected chi connectivity index (χ4v) is 4.18. The van der Waals surface area contributed by atoms with Crippen molar-refractivity contribution in [3.63, 3.8) is 0 Å². The van der Waals surface area contributed by atoms with E-state index in [0.29, 0.717) is 35.0 Å². The highest BCUT2D eigenvalue weighted by atomic mass is 32.1. The Bertz CT molecular complexity index is 1170. The first-order chi connectivity index (χ1) is 14.6. The Labute approximate surface area is 178 Å². The number of carbonyl (C=O) groups is 1. The molecule has 30 heavy (non-hydrogen) atoms. The number of aryl methyl sites for hydroxylation is 1. The highest BCUT2D eigenvalue weighted by Gasteiger charge is 2.17. The Morgan fingerprint density at radius 1 is 1.10 bits per heavy atom. The number of nitrogens with one attached hydrogen (secondary N) is 2. The molecule has 2 aromatic carbocycles. The number of H-pyrrole nitrogens is 1. The minimum absolute atomic E-state index is 0.132. The third-order valence-electron chi connectivity index (χ3n) is 4.72.